The van der Waals surface area contributed by atoms with Gasteiger partial charge in [-0.1, -0.05) is 54.1 Å². The molecular formula is C32H39ClN2O. The fraction of sp³-hybridized carbons (Fsp3) is 0.438. The second kappa shape index (κ2) is 12.3. The number of ether oxygens (including phenoxy) is 1. The van der Waals surface area contributed by atoms with Crippen LogP contribution >= 0.6 is 11.6 Å². The maximum atomic E-state index is 6.28. The van der Waals surface area contributed by atoms with Crippen molar-refractivity contribution in [2.24, 2.45) is 5.92 Å². The molecule has 0 atom stereocenters. The second-order valence-electron chi connectivity index (χ2n) is 10.7. The maximum Gasteiger partial charge on any atom is 0.119 e. The molecule has 1 fully saturated rings. The van der Waals surface area contributed by atoms with Gasteiger partial charge in [0.1, 0.15) is 5.75 Å². The van der Waals surface area contributed by atoms with E-state index in [-0.39, 0.29) is 0 Å². The number of halogens is 1. The zero-order chi connectivity index (χ0) is 24.7. The van der Waals surface area contributed by atoms with Gasteiger partial charge in [-0.3, -0.25) is 9.80 Å². The van der Waals surface area contributed by atoms with Crippen molar-refractivity contribution in [2.75, 3.05) is 26.2 Å². The Labute approximate surface area is 222 Å². The van der Waals surface area contributed by atoms with Crippen molar-refractivity contribution in [1.29, 1.82) is 0 Å². The van der Waals surface area contributed by atoms with Crippen LogP contribution in [0.2, 0.25) is 5.02 Å². The molecule has 0 radical (unpaired) electrons. The fourth-order valence-electron chi connectivity index (χ4n) is 5.68. The standard InChI is InChI=1S/C32H39ClN2O/c1-25-5-2-3-6-29(25)23-35-17-4-7-28-10-13-32(21-30(28)24-35)36-20-16-26-14-18-34(19-15-26)22-27-8-11-31(33)12-9-27/h2-3,5-6,8-13,21,26H,4,7,14-20,22-24H2,1H3. The van der Waals surface area contributed by atoms with Gasteiger partial charge in [-0.25, -0.2) is 0 Å². The summed E-state index contributed by atoms with van der Waals surface area (Å²) in [5.74, 6) is 1.79. The molecule has 0 N–H and O–H groups in total. The predicted octanol–water partition coefficient (Wildman–Crippen LogP) is 7.28. The number of rotatable bonds is 8. The topological polar surface area (TPSA) is 15.7 Å². The minimum Gasteiger partial charge on any atom is -0.494 e. The molecule has 0 aliphatic carbocycles. The molecule has 0 bridgehead atoms. The van der Waals surface area contributed by atoms with Crippen LogP contribution in [0.5, 0.6) is 5.75 Å². The summed E-state index contributed by atoms with van der Waals surface area (Å²) in [4.78, 5) is 5.16. The zero-order valence-electron chi connectivity index (χ0n) is 21.6. The van der Waals surface area contributed by atoms with Crippen molar-refractivity contribution >= 4 is 11.6 Å². The van der Waals surface area contributed by atoms with E-state index in [1.54, 1.807) is 0 Å². The molecule has 2 aliphatic rings. The van der Waals surface area contributed by atoms with Crippen molar-refractivity contribution in [1.82, 2.24) is 9.80 Å². The molecule has 0 spiro atoms. The number of likely N-dealkylation sites (tertiary alicyclic amines) is 1. The Morgan fingerprint density at radius 1 is 0.861 bits per heavy atom. The molecule has 0 saturated carbocycles. The van der Waals surface area contributed by atoms with Crippen LogP contribution in [0.25, 0.3) is 0 Å². The highest BCUT2D eigenvalue weighted by Crippen LogP contribution is 2.27. The molecule has 2 aliphatic heterocycles. The summed E-state index contributed by atoms with van der Waals surface area (Å²) in [6.45, 7) is 9.57. The van der Waals surface area contributed by atoms with Gasteiger partial charge in [0.15, 0.2) is 0 Å². The van der Waals surface area contributed by atoms with Crippen LogP contribution in [-0.4, -0.2) is 36.0 Å². The molecule has 0 unspecified atom stereocenters. The van der Waals surface area contributed by atoms with E-state index < -0.39 is 0 Å². The number of piperidine rings is 1. The molecule has 3 aromatic rings. The molecule has 2 heterocycles. The Morgan fingerprint density at radius 3 is 2.47 bits per heavy atom. The highest BCUT2D eigenvalue weighted by atomic mass is 35.5. The SMILES string of the molecule is Cc1ccccc1CN1CCCc2ccc(OCCC3CCN(Cc4ccc(Cl)cc4)CC3)cc2C1. The lowest BCUT2D eigenvalue weighted by Gasteiger charge is -2.32. The summed E-state index contributed by atoms with van der Waals surface area (Å²) in [6, 6.07) is 23.8. The van der Waals surface area contributed by atoms with E-state index in [0.717, 1.165) is 62.3 Å². The van der Waals surface area contributed by atoms with Gasteiger partial charge in [0.05, 0.1) is 6.61 Å². The van der Waals surface area contributed by atoms with E-state index in [2.05, 4.69) is 71.3 Å². The summed E-state index contributed by atoms with van der Waals surface area (Å²) in [5, 5.41) is 0.812. The molecule has 3 aromatic carbocycles. The van der Waals surface area contributed by atoms with Crippen molar-refractivity contribution in [2.45, 2.75) is 58.7 Å². The average molecular weight is 503 g/mol. The number of hydrogen-bond acceptors (Lipinski definition) is 3. The molecule has 36 heavy (non-hydrogen) atoms. The van der Waals surface area contributed by atoms with Gasteiger partial charge < -0.3 is 4.74 Å². The maximum absolute atomic E-state index is 6.28. The molecule has 0 aromatic heterocycles. The summed E-state index contributed by atoms with van der Waals surface area (Å²) in [5.41, 5.74) is 7.10. The Hall–Kier alpha value is -2.33. The van der Waals surface area contributed by atoms with E-state index >= 15 is 0 Å². The average Bonchev–Trinajstić information content (AvgIpc) is 3.09. The summed E-state index contributed by atoms with van der Waals surface area (Å²) in [7, 11) is 0. The lowest BCUT2D eigenvalue weighted by Crippen LogP contribution is -2.33. The highest BCUT2D eigenvalue weighted by Gasteiger charge is 2.20. The van der Waals surface area contributed by atoms with Crippen molar-refractivity contribution in [3.05, 3.63) is 99.6 Å². The van der Waals surface area contributed by atoms with Gasteiger partial charge in [-0.15, -0.1) is 0 Å². The molecule has 5 rings (SSSR count). The van der Waals surface area contributed by atoms with Gasteiger partial charge in [0, 0.05) is 24.7 Å². The van der Waals surface area contributed by atoms with E-state index in [0.29, 0.717) is 0 Å². The molecule has 4 heteroatoms. The van der Waals surface area contributed by atoms with E-state index in [1.807, 2.05) is 12.1 Å². The van der Waals surface area contributed by atoms with Crippen LogP contribution < -0.4 is 4.74 Å². The minimum atomic E-state index is 0.761. The molecule has 0 amide bonds. The number of benzene rings is 3. The van der Waals surface area contributed by atoms with Crippen LogP contribution in [0, 0.1) is 12.8 Å². The third kappa shape index (κ3) is 6.91. The van der Waals surface area contributed by atoms with Gasteiger partial charge in [0.2, 0.25) is 0 Å². The van der Waals surface area contributed by atoms with Gasteiger partial charge in [-0.05, 0) is 117 Å². The van der Waals surface area contributed by atoms with Crippen LogP contribution in [0.3, 0.4) is 0 Å². The Morgan fingerprint density at radius 2 is 1.67 bits per heavy atom. The fourth-order valence-corrected chi connectivity index (χ4v) is 5.81. The van der Waals surface area contributed by atoms with Gasteiger partial charge in [0.25, 0.3) is 0 Å². The Kier molecular flexibility index (Phi) is 8.63. The first kappa shape index (κ1) is 25.3. The number of hydrogen-bond donors (Lipinski definition) is 0. The largest absolute Gasteiger partial charge is 0.494 e. The second-order valence-corrected chi connectivity index (χ2v) is 11.1. The Balaban J connectivity index is 1.08. The monoisotopic (exact) mass is 502 g/mol. The van der Waals surface area contributed by atoms with Crippen molar-refractivity contribution in [3.8, 4) is 5.75 Å². The highest BCUT2D eigenvalue weighted by molar-refractivity contribution is 6.30. The summed E-state index contributed by atoms with van der Waals surface area (Å²) >= 11 is 6.02. The van der Waals surface area contributed by atoms with E-state index in [4.69, 9.17) is 16.3 Å². The van der Waals surface area contributed by atoms with Crippen LogP contribution in [-0.2, 0) is 26.1 Å². The number of fused-ring (bicyclic) bond motifs is 1. The smallest absolute Gasteiger partial charge is 0.119 e. The first-order valence-electron chi connectivity index (χ1n) is 13.6. The molecule has 1 saturated heterocycles. The van der Waals surface area contributed by atoms with Crippen molar-refractivity contribution in [3.63, 3.8) is 0 Å². The molecular weight excluding hydrogens is 464 g/mol. The third-order valence-electron chi connectivity index (χ3n) is 7.97. The van der Waals surface area contributed by atoms with Gasteiger partial charge in [-0.2, -0.15) is 0 Å². The first-order chi connectivity index (χ1) is 17.6. The third-order valence-corrected chi connectivity index (χ3v) is 8.22. The Bertz CT molecular complexity index is 1120. The first-order valence-corrected chi connectivity index (χ1v) is 14.0. The number of nitrogens with zero attached hydrogens (tertiary/aromatic N) is 2. The van der Waals surface area contributed by atoms with E-state index in [1.165, 1.54) is 60.2 Å². The lowest BCUT2D eigenvalue weighted by molar-refractivity contribution is 0.157. The predicted molar refractivity (Wildman–Crippen MR) is 150 cm³/mol. The summed E-state index contributed by atoms with van der Waals surface area (Å²) in [6.07, 6.45) is 6.04. The van der Waals surface area contributed by atoms with Crippen LogP contribution in [0.1, 0.15) is 53.5 Å². The number of aryl methyl sites for hydroxylation is 2. The van der Waals surface area contributed by atoms with Crippen LogP contribution in [0.15, 0.2) is 66.7 Å². The van der Waals surface area contributed by atoms with E-state index in [9.17, 15) is 0 Å². The quantitative estimate of drug-likeness (QED) is 0.322. The molecule has 190 valence electrons. The van der Waals surface area contributed by atoms with Crippen LogP contribution in [0.4, 0.5) is 0 Å². The molecule has 3 nitrogen and oxygen atoms in total. The lowest BCUT2D eigenvalue weighted by atomic mass is 9.93. The normalized spacial score (nSPS) is 17.5. The minimum absolute atomic E-state index is 0.761. The van der Waals surface area contributed by atoms with Crippen molar-refractivity contribution < 1.29 is 4.74 Å². The summed E-state index contributed by atoms with van der Waals surface area (Å²) < 4.78 is 6.28. The zero-order valence-corrected chi connectivity index (χ0v) is 22.4. The van der Waals surface area contributed by atoms with Gasteiger partial charge >= 0.3 is 0 Å².